The van der Waals surface area contributed by atoms with Crippen molar-refractivity contribution in [2.75, 3.05) is 44.3 Å². The molecule has 12 heteroatoms. The molecule has 9 nitrogen and oxygen atoms in total. The van der Waals surface area contributed by atoms with Crippen LogP contribution in [0.4, 0.5) is 14.5 Å². The molecule has 3 amide bonds. The zero-order chi connectivity index (χ0) is 29.1. The summed E-state index contributed by atoms with van der Waals surface area (Å²) in [6, 6.07) is 14.7. The van der Waals surface area contributed by atoms with Crippen molar-refractivity contribution in [1.82, 2.24) is 9.21 Å². The van der Waals surface area contributed by atoms with Crippen molar-refractivity contribution in [3.8, 4) is 0 Å². The van der Waals surface area contributed by atoms with Crippen LogP contribution >= 0.6 is 0 Å². The molecule has 3 aromatic rings. The molecule has 0 unspecified atom stereocenters. The van der Waals surface area contributed by atoms with Crippen LogP contribution in [0.2, 0.25) is 0 Å². The fourth-order valence-corrected chi connectivity index (χ4v) is 6.28. The number of carbonyl (C=O) groups is 3. The van der Waals surface area contributed by atoms with Crippen LogP contribution < -0.4 is 4.90 Å². The summed E-state index contributed by atoms with van der Waals surface area (Å²) in [7, 11) is -3.78. The Bertz CT molecular complexity index is 1560. The maximum atomic E-state index is 14.8. The average molecular weight is 584 g/mol. The Labute approximate surface area is 236 Å². The maximum Gasteiger partial charge on any atom is 0.261 e. The number of fused-ring (bicyclic) bond motifs is 1. The Morgan fingerprint density at radius 2 is 1.51 bits per heavy atom. The predicted octanol–water partition coefficient (Wildman–Crippen LogP) is 3.71. The van der Waals surface area contributed by atoms with E-state index in [0.29, 0.717) is 43.2 Å². The second kappa shape index (κ2) is 11.9. The van der Waals surface area contributed by atoms with Crippen molar-refractivity contribution in [2.24, 2.45) is 0 Å². The van der Waals surface area contributed by atoms with Gasteiger partial charge in [0.25, 0.3) is 17.7 Å². The minimum atomic E-state index is -3.78. The summed E-state index contributed by atoms with van der Waals surface area (Å²) in [5.41, 5.74) is 0.626. The average Bonchev–Trinajstić information content (AvgIpc) is 3.23. The molecule has 0 aromatic heterocycles. The van der Waals surface area contributed by atoms with Crippen LogP contribution in [0.25, 0.3) is 0 Å². The SMILES string of the molecule is O=C1c2ccccc2C(=O)N1CCCCN(C(=O)c1ccc(S(=O)(=O)N2CCOCC2)cc1)c1ccc(F)cc1F. The summed E-state index contributed by atoms with van der Waals surface area (Å²) in [6.45, 7) is 1.14. The number of hydrogen-bond acceptors (Lipinski definition) is 6. The number of rotatable bonds is 9. The summed E-state index contributed by atoms with van der Waals surface area (Å²) in [4.78, 5) is 41.1. The molecule has 2 aliphatic rings. The third kappa shape index (κ3) is 5.76. The number of morpholine rings is 1. The number of carbonyl (C=O) groups excluding carboxylic acids is 3. The van der Waals surface area contributed by atoms with Crippen molar-refractivity contribution in [2.45, 2.75) is 17.7 Å². The highest BCUT2D eigenvalue weighted by molar-refractivity contribution is 7.89. The molecule has 1 saturated heterocycles. The first-order valence-corrected chi connectivity index (χ1v) is 14.5. The molecule has 0 radical (unpaired) electrons. The van der Waals surface area contributed by atoms with E-state index in [1.165, 1.54) is 28.6 Å². The summed E-state index contributed by atoms with van der Waals surface area (Å²) in [5, 5.41) is 0. The number of anilines is 1. The lowest BCUT2D eigenvalue weighted by Crippen LogP contribution is -2.40. The van der Waals surface area contributed by atoms with E-state index in [9.17, 15) is 31.6 Å². The lowest BCUT2D eigenvalue weighted by Gasteiger charge is -2.26. The van der Waals surface area contributed by atoms with E-state index in [4.69, 9.17) is 4.74 Å². The van der Waals surface area contributed by atoms with Gasteiger partial charge in [0.2, 0.25) is 10.0 Å². The fourth-order valence-electron chi connectivity index (χ4n) is 4.87. The monoisotopic (exact) mass is 583 g/mol. The molecule has 2 aliphatic heterocycles. The van der Waals surface area contributed by atoms with Crippen molar-refractivity contribution >= 4 is 33.4 Å². The van der Waals surface area contributed by atoms with Crippen LogP contribution in [0.5, 0.6) is 0 Å². The highest BCUT2D eigenvalue weighted by Crippen LogP contribution is 2.26. The second-order valence-corrected chi connectivity index (χ2v) is 11.5. The largest absolute Gasteiger partial charge is 0.379 e. The van der Waals surface area contributed by atoms with Gasteiger partial charge in [0, 0.05) is 37.8 Å². The van der Waals surface area contributed by atoms with Crippen LogP contribution in [0.3, 0.4) is 0 Å². The van der Waals surface area contributed by atoms with Crippen molar-refractivity contribution in [3.05, 3.63) is 95.1 Å². The first-order valence-electron chi connectivity index (χ1n) is 13.1. The summed E-state index contributed by atoms with van der Waals surface area (Å²) < 4.78 is 60.8. The van der Waals surface area contributed by atoms with Crippen LogP contribution in [0.15, 0.2) is 71.6 Å². The molecule has 5 rings (SSSR count). The van der Waals surface area contributed by atoms with E-state index in [1.807, 2.05) is 0 Å². The number of unbranched alkanes of at least 4 members (excludes halogenated alkanes) is 1. The van der Waals surface area contributed by atoms with Gasteiger partial charge < -0.3 is 9.64 Å². The maximum absolute atomic E-state index is 14.8. The third-order valence-corrected chi connectivity index (χ3v) is 8.96. The normalized spacial score (nSPS) is 15.7. The number of amides is 3. The third-order valence-electron chi connectivity index (χ3n) is 7.05. The number of benzene rings is 3. The lowest BCUT2D eigenvalue weighted by atomic mass is 10.1. The van der Waals surface area contributed by atoms with Crippen LogP contribution in [-0.2, 0) is 14.8 Å². The molecule has 0 saturated carbocycles. The van der Waals surface area contributed by atoms with E-state index < -0.39 is 39.4 Å². The molecule has 0 aliphatic carbocycles. The first kappa shape index (κ1) is 28.5. The van der Waals surface area contributed by atoms with Gasteiger partial charge in [0.05, 0.1) is 34.9 Å². The van der Waals surface area contributed by atoms with E-state index in [0.717, 1.165) is 21.9 Å². The lowest BCUT2D eigenvalue weighted by molar-refractivity contribution is 0.0651. The molecule has 2 heterocycles. The van der Waals surface area contributed by atoms with Gasteiger partial charge in [0.15, 0.2) is 0 Å². The molecule has 3 aromatic carbocycles. The Morgan fingerprint density at radius 1 is 0.878 bits per heavy atom. The van der Waals surface area contributed by atoms with E-state index in [2.05, 4.69) is 0 Å². The van der Waals surface area contributed by atoms with Crippen molar-refractivity contribution in [1.29, 1.82) is 0 Å². The van der Waals surface area contributed by atoms with E-state index >= 15 is 0 Å². The summed E-state index contributed by atoms with van der Waals surface area (Å²) in [6.07, 6.45) is 0.619. The number of halogens is 2. The standard InChI is InChI=1S/C29H27F2N3O6S/c30-21-9-12-26(25(31)19-21)33(13-3-4-14-34-28(36)23-5-1-2-6-24(23)29(34)37)27(35)20-7-10-22(11-8-20)41(38,39)32-15-17-40-18-16-32/h1-2,5-12,19H,3-4,13-18H2. The molecular formula is C29H27F2N3O6S. The molecule has 0 atom stereocenters. The quantitative estimate of drug-likeness (QED) is 0.281. The van der Waals surface area contributed by atoms with Gasteiger partial charge in [-0.15, -0.1) is 0 Å². The van der Waals surface area contributed by atoms with Gasteiger partial charge in [-0.3, -0.25) is 19.3 Å². The Kier molecular flexibility index (Phi) is 8.25. The van der Waals surface area contributed by atoms with E-state index in [-0.39, 0.29) is 42.3 Å². The Morgan fingerprint density at radius 3 is 2.12 bits per heavy atom. The smallest absolute Gasteiger partial charge is 0.261 e. The van der Waals surface area contributed by atoms with Gasteiger partial charge in [-0.1, -0.05) is 12.1 Å². The molecule has 1 fully saturated rings. The van der Waals surface area contributed by atoms with Crippen LogP contribution in [-0.4, -0.2) is 74.7 Å². The Balaban J connectivity index is 1.30. The van der Waals surface area contributed by atoms with Gasteiger partial charge >= 0.3 is 0 Å². The Hall–Kier alpha value is -4.00. The van der Waals surface area contributed by atoms with Crippen molar-refractivity contribution < 1.29 is 36.3 Å². The molecule has 0 N–H and O–H groups in total. The van der Waals surface area contributed by atoms with Gasteiger partial charge in [-0.2, -0.15) is 4.31 Å². The summed E-state index contributed by atoms with van der Waals surface area (Å²) >= 11 is 0. The number of hydrogen-bond donors (Lipinski definition) is 0. The fraction of sp³-hybridized carbons (Fsp3) is 0.276. The number of nitrogens with zero attached hydrogens (tertiary/aromatic N) is 3. The van der Waals surface area contributed by atoms with Crippen LogP contribution in [0.1, 0.15) is 43.9 Å². The highest BCUT2D eigenvalue weighted by Gasteiger charge is 2.34. The van der Waals surface area contributed by atoms with Crippen molar-refractivity contribution in [3.63, 3.8) is 0 Å². The first-order chi connectivity index (χ1) is 19.7. The summed E-state index contributed by atoms with van der Waals surface area (Å²) in [5.74, 6) is -3.15. The number of sulfonamides is 1. The predicted molar refractivity (Wildman–Crippen MR) is 145 cm³/mol. The van der Waals surface area contributed by atoms with Gasteiger partial charge in [0.1, 0.15) is 11.6 Å². The zero-order valence-electron chi connectivity index (χ0n) is 22.0. The number of ether oxygens (including phenoxy) is 1. The molecule has 0 bridgehead atoms. The topological polar surface area (TPSA) is 104 Å². The van der Waals surface area contributed by atoms with E-state index in [1.54, 1.807) is 24.3 Å². The minimum absolute atomic E-state index is 0.00160. The minimum Gasteiger partial charge on any atom is -0.379 e. The highest BCUT2D eigenvalue weighted by atomic mass is 32.2. The number of imide groups is 1. The van der Waals surface area contributed by atoms with Gasteiger partial charge in [-0.25, -0.2) is 17.2 Å². The zero-order valence-corrected chi connectivity index (χ0v) is 22.8. The molecule has 41 heavy (non-hydrogen) atoms. The molecule has 214 valence electrons. The molecular weight excluding hydrogens is 556 g/mol. The molecule has 0 spiro atoms. The van der Waals surface area contributed by atoms with Crippen LogP contribution in [0, 0.1) is 11.6 Å². The van der Waals surface area contributed by atoms with Gasteiger partial charge in [-0.05, 0) is 61.4 Å². The second-order valence-electron chi connectivity index (χ2n) is 9.61.